The van der Waals surface area contributed by atoms with Gasteiger partial charge in [-0.15, -0.1) is 0 Å². The molecule has 0 aliphatic carbocycles. The Bertz CT molecular complexity index is 691. The average molecular weight is 358 g/mol. The van der Waals surface area contributed by atoms with Gasteiger partial charge in [0.2, 0.25) is 0 Å². The van der Waals surface area contributed by atoms with Gasteiger partial charge >= 0.3 is 6.03 Å². The van der Waals surface area contributed by atoms with Gasteiger partial charge in [-0.25, -0.2) is 9.18 Å². The van der Waals surface area contributed by atoms with E-state index in [1.54, 1.807) is 12.1 Å². The molecule has 2 aromatic carbocycles. The highest BCUT2D eigenvalue weighted by Crippen LogP contribution is 2.24. The van der Waals surface area contributed by atoms with Gasteiger partial charge in [0.1, 0.15) is 11.6 Å². The van der Waals surface area contributed by atoms with E-state index in [0.717, 1.165) is 11.3 Å². The van der Waals surface area contributed by atoms with Gasteiger partial charge in [-0.1, -0.05) is 45.0 Å². The van der Waals surface area contributed by atoms with Crippen LogP contribution in [0.5, 0.6) is 5.75 Å². The van der Waals surface area contributed by atoms with Crippen LogP contribution in [-0.4, -0.2) is 19.2 Å². The zero-order chi connectivity index (χ0) is 19.0. The largest absolute Gasteiger partial charge is 0.494 e. The van der Waals surface area contributed by atoms with Crippen molar-refractivity contribution in [2.24, 2.45) is 0 Å². The second-order valence-corrected chi connectivity index (χ2v) is 7.21. The van der Waals surface area contributed by atoms with E-state index in [9.17, 15) is 9.18 Å². The predicted molar refractivity (Wildman–Crippen MR) is 102 cm³/mol. The number of ether oxygens (including phenoxy) is 1. The van der Waals surface area contributed by atoms with Crippen molar-refractivity contribution in [2.75, 3.05) is 13.2 Å². The summed E-state index contributed by atoms with van der Waals surface area (Å²) in [5.41, 5.74) is 2.25. The summed E-state index contributed by atoms with van der Waals surface area (Å²) in [7, 11) is 0. The third-order valence-corrected chi connectivity index (χ3v) is 3.96. The lowest BCUT2D eigenvalue weighted by atomic mass is 9.87. The molecule has 0 spiro atoms. The molecule has 0 aliphatic rings. The molecule has 0 aromatic heterocycles. The van der Waals surface area contributed by atoms with Crippen LogP contribution in [0.4, 0.5) is 9.18 Å². The minimum Gasteiger partial charge on any atom is -0.494 e. The molecular weight excluding hydrogens is 331 g/mol. The molecule has 0 unspecified atom stereocenters. The Morgan fingerprint density at radius 1 is 1.00 bits per heavy atom. The quantitative estimate of drug-likeness (QED) is 0.721. The number of hydrogen-bond donors (Lipinski definition) is 2. The van der Waals surface area contributed by atoms with Crippen LogP contribution in [0.1, 0.15) is 38.3 Å². The molecule has 2 rings (SSSR count). The number of benzene rings is 2. The van der Waals surface area contributed by atoms with E-state index >= 15 is 0 Å². The van der Waals surface area contributed by atoms with Gasteiger partial charge in [-0.05, 0) is 47.2 Å². The molecule has 0 atom stereocenters. The first-order chi connectivity index (χ1) is 12.3. The van der Waals surface area contributed by atoms with Crippen LogP contribution < -0.4 is 15.4 Å². The van der Waals surface area contributed by atoms with E-state index in [-0.39, 0.29) is 17.3 Å². The number of amides is 2. The number of nitrogens with one attached hydrogen (secondary N) is 2. The molecule has 2 aromatic rings. The smallest absolute Gasteiger partial charge is 0.315 e. The average Bonchev–Trinajstić information content (AvgIpc) is 2.60. The molecular formula is C21H27FN2O2. The Hall–Kier alpha value is -2.56. The molecule has 0 bridgehead atoms. The molecule has 2 amide bonds. The SMILES string of the molecule is CC(C)(C)c1ccc(OCCCNC(=O)NCc2ccc(F)cc2)cc1. The van der Waals surface area contributed by atoms with E-state index < -0.39 is 0 Å². The summed E-state index contributed by atoms with van der Waals surface area (Å²) >= 11 is 0. The number of hydrogen-bond acceptors (Lipinski definition) is 2. The third-order valence-electron chi connectivity index (χ3n) is 3.96. The van der Waals surface area contributed by atoms with Crippen LogP contribution >= 0.6 is 0 Å². The van der Waals surface area contributed by atoms with Crippen LogP contribution in [-0.2, 0) is 12.0 Å². The Kier molecular flexibility index (Phi) is 7.01. The standard InChI is InChI=1S/C21H27FN2O2/c1-21(2,3)17-7-11-19(12-8-17)26-14-4-13-23-20(25)24-15-16-5-9-18(22)10-6-16/h5-12H,4,13-15H2,1-3H3,(H2,23,24,25). The number of rotatable bonds is 7. The fourth-order valence-electron chi connectivity index (χ4n) is 2.36. The molecule has 0 aliphatic heterocycles. The number of carbonyl (C=O) groups excluding carboxylic acids is 1. The lowest BCUT2D eigenvalue weighted by molar-refractivity contribution is 0.238. The van der Waals surface area contributed by atoms with Gasteiger partial charge < -0.3 is 15.4 Å². The van der Waals surface area contributed by atoms with Crippen LogP contribution in [0.25, 0.3) is 0 Å². The fourth-order valence-corrected chi connectivity index (χ4v) is 2.36. The van der Waals surface area contributed by atoms with E-state index in [2.05, 4.69) is 43.5 Å². The van der Waals surface area contributed by atoms with Crippen LogP contribution in [0, 0.1) is 5.82 Å². The van der Waals surface area contributed by atoms with Gasteiger partial charge in [-0.2, -0.15) is 0 Å². The highest BCUT2D eigenvalue weighted by molar-refractivity contribution is 5.73. The van der Waals surface area contributed by atoms with Crippen molar-refractivity contribution in [2.45, 2.75) is 39.2 Å². The maximum absolute atomic E-state index is 12.8. The maximum atomic E-state index is 12.8. The Balaban J connectivity index is 1.59. The minimum atomic E-state index is -0.286. The highest BCUT2D eigenvalue weighted by Gasteiger charge is 2.12. The molecule has 0 saturated carbocycles. The molecule has 0 heterocycles. The molecule has 4 nitrogen and oxygen atoms in total. The lowest BCUT2D eigenvalue weighted by Crippen LogP contribution is -2.36. The summed E-state index contributed by atoms with van der Waals surface area (Å²) in [5, 5.41) is 5.51. The van der Waals surface area contributed by atoms with Crippen molar-refractivity contribution < 1.29 is 13.9 Å². The van der Waals surface area contributed by atoms with Gasteiger partial charge in [0.15, 0.2) is 0 Å². The van der Waals surface area contributed by atoms with E-state index in [0.29, 0.717) is 26.1 Å². The molecule has 0 saturated heterocycles. The minimum absolute atomic E-state index is 0.129. The van der Waals surface area contributed by atoms with Crippen molar-refractivity contribution >= 4 is 6.03 Å². The summed E-state index contributed by atoms with van der Waals surface area (Å²) in [5.74, 6) is 0.546. The topological polar surface area (TPSA) is 50.4 Å². The van der Waals surface area contributed by atoms with E-state index in [4.69, 9.17) is 4.74 Å². The van der Waals surface area contributed by atoms with E-state index in [1.165, 1.54) is 17.7 Å². The van der Waals surface area contributed by atoms with Crippen molar-refractivity contribution in [1.82, 2.24) is 10.6 Å². The molecule has 140 valence electrons. The monoisotopic (exact) mass is 358 g/mol. The number of urea groups is 1. The maximum Gasteiger partial charge on any atom is 0.315 e. The molecule has 0 fully saturated rings. The molecule has 5 heteroatoms. The van der Waals surface area contributed by atoms with Crippen molar-refractivity contribution in [3.63, 3.8) is 0 Å². The van der Waals surface area contributed by atoms with Crippen LogP contribution in [0.3, 0.4) is 0 Å². The molecule has 2 N–H and O–H groups in total. The first-order valence-corrected chi connectivity index (χ1v) is 8.84. The summed E-state index contributed by atoms with van der Waals surface area (Å²) in [6.45, 7) is 7.95. The first kappa shape index (κ1) is 19.8. The van der Waals surface area contributed by atoms with Crippen LogP contribution in [0.15, 0.2) is 48.5 Å². The summed E-state index contributed by atoms with van der Waals surface area (Å²) in [6, 6.07) is 13.9. The molecule has 0 radical (unpaired) electrons. The van der Waals surface area contributed by atoms with Gasteiger partial charge in [-0.3, -0.25) is 0 Å². The van der Waals surface area contributed by atoms with Gasteiger partial charge in [0, 0.05) is 13.1 Å². The van der Waals surface area contributed by atoms with Crippen molar-refractivity contribution in [3.05, 3.63) is 65.5 Å². The Morgan fingerprint density at radius 3 is 2.27 bits per heavy atom. The summed E-state index contributed by atoms with van der Waals surface area (Å²) in [6.07, 6.45) is 0.713. The first-order valence-electron chi connectivity index (χ1n) is 8.84. The lowest BCUT2D eigenvalue weighted by Gasteiger charge is -2.19. The predicted octanol–water partition coefficient (Wildman–Crippen LogP) is 4.39. The fraction of sp³-hybridized carbons (Fsp3) is 0.381. The van der Waals surface area contributed by atoms with Crippen molar-refractivity contribution in [3.8, 4) is 5.75 Å². The van der Waals surface area contributed by atoms with E-state index in [1.807, 2.05) is 12.1 Å². The summed E-state index contributed by atoms with van der Waals surface area (Å²) < 4.78 is 18.5. The van der Waals surface area contributed by atoms with Gasteiger partial charge in [0.25, 0.3) is 0 Å². The zero-order valence-corrected chi connectivity index (χ0v) is 15.6. The zero-order valence-electron chi connectivity index (χ0n) is 15.6. The third kappa shape index (κ3) is 6.75. The van der Waals surface area contributed by atoms with Crippen molar-refractivity contribution in [1.29, 1.82) is 0 Å². The Labute approximate surface area is 154 Å². The normalized spacial score (nSPS) is 11.1. The number of carbonyl (C=O) groups is 1. The second-order valence-electron chi connectivity index (χ2n) is 7.21. The number of halogens is 1. The van der Waals surface area contributed by atoms with Gasteiger partial charge in [0.05, 0.1) is 6.61 Å². The Morgan fingerprint density at radius 2 is 1.65 bits per heavy atom. The van der Waals surface area contributed by atoms with Crippen LogP contribution in [0.2, 0.25) is 0 Å². The second kappa shape index (κ2) is 9.22. The highest BCUT2D eigenvalue weighted by atomic mass is 19.1. The molecule has 26 heavy (non-hydrogen) atoms. The summed E-state index contributed by atoms with van der Waals surface area (Å²) in [4.78, 5) is 11.7.